The molecule has 1 atom stereocenters. The van der Waals surface area contributed by atoms with E-state index in [2.05, 4.69) is 19.2 Å². The fraction of sp³-hybridized carbons (Fsp3) is 0.409. The first-order valence-corrected chi connectivity index (χ1v) is 9.26. The number of hydrogen-bond donors (Lipinski definition) is 2. The van der Waals surface area contributed by atoms with Gasteiger partial charge in [-0.2, -0.15) is 0 Å². The summed E-state index contributed by atoms with van der Waals surface area (Å²) in [5, 5.41) is 11.9. The highest BCUT2D eigenvalue weighted by Gasteiger charge is 2.37. The van der Waals surface area contributed by atoms with E-state index < -0.39 is 6.09 Å². The monoisotopic (exact) mass is 371 g/mol. The molecule has 4 nitrogen and oxygen atoms in total. The molecule has 1 aliphatic carbocycles. The maximum Gasteiger partial charge on any atom is 0.405 e. The molecule has 2 N–H and O–H groups in total. The lowest BCUT2D eigenvalue weighted by Crippen LogP contribution is -2.40. The van der Waals surface area contributed by atoms with Crippen molar-refractivity contribution in [3.63, 3.8) is 0 Å². The van der Waals surface area contributed by atoms with Crippen molar-refractivity contribution in [3.8, 4) is 16.9 Å². The van der Waals surface area contributed by atoms with Crippen LogP contribution in [0.25, 0.3) is 11.1 Å². The van der Waals surface area contributed by atoms with Crippen molar-refractivity contribution >= 4 is 6.09 Å². The molecule has 3 rings (SSSR count). The van der Waals surface area contributed by atoms with Gasteiger partial charge in [0.25, 0.3) is 0 Å². The minimum atomic E-state index is -1.02. The molecule has 0 saturated carbocycles. The van der Waals surface area contributed by atoms with E-state index in [9.17, 15) is 14.3 Å². The molecule has 0 heterocycles. The normalized spacial score (nSPS) is 18.1. The van der Waals surface area contributed by atoms with E-state index in [1.807, 2.05) is 38.1 Å². The Balaban J connectivity index is 1.95. The Morgan fingerprint density at radius 1 is 1.22 bits per heavy atom. The number of amides is 1. The Morgan fingerprint density at radius 2 is 1.89 bits per heavy atom. The van der Waals surface area contributed by atoms with Gasteiger partial charge in [0.15, 0.2) is 11.6 Å². The average Bonchev–Trinajstić information content (AvgIpc) is 2.58. The number of carbonyl (C=O) groups is 1. The van der Waals surface area contributed by atoms with Gasteiger partial charge in [-0.25, -0.2) is 9.18 Å². The summed E-state index contributed by atoms with van der Waals surface area (Å²) in [5.41, 5.74) is 3.64. The number of rotatable bonds is 4. The summed E-state index contributed by atoms with van der Waals surface area (Å²) >= 11 is 0. The lowest BCUT2D eigenvalue weighted by molar-refractivity contribution is 0.161. The van der Waals surface area contributed by atoms with Crippen LogP contribution in [0.3, 0.4) is 0 Å². The Kier molecular flexibility index (Phi) is 5.13. The molecule has 1 aliphatic rings. The third-order valence-corrected chi connectivity index (χ3v) is 5.17. The predicted molar refractivity (Wildman–Crippen MR) is 104 cm³/mol. The van der Waals surface area contributed by atoms with E-state index in [1.54, 1.807) is 6.07 Å². The van der Waals surface area contributed by atoms with Crippen LogP contribution in [0.5, 0.6) is 5.75 Å². The highest BCUT2D eigenvalue weighted by Crippen LogP contribution is 2.44. The summed E-state index contributed by atoms with van der Waals surface area (Å²) in [5.74, 6) is -0.135. The molecule has 2 aromatic rings. The van der Waals surface area contributed by atoms with E-state index in [0.717, 1.165) is 35.1 Å². The van der Waals surface area contributed by atoms with Gasteiger partial charge in [0.05, 0.1) is 12.1 Å². The Hall–Kier alpha value is -2.56. The van der Waals surface area contributed by atoms with Crippen LogP contribution in [0.15, 0.2) is 36.4 Å². The minimum Gasteiger partial charge on any atom is -0.488 e. The molecule has 144 valence electrons. The summed E-state index contributed by atoms with van der Waals surface area (Å²) < 4.78 is 19.8. The minimum absolute atomic E-state index is 0.0869. The zero-order valence-electron chi connectivity index (χ0n) is 16.2. The largest absolute Gasteiger partial charge is 0.488 e. The second-order valence-electron chi connectivity index (χ2n) is 8.10. The fourth-order valence-corrected chi connectivity index (χ4v) is 3.73. The molecule has 0 radical (unpaired) electrons. The van der Waals surface area contributed by atoms with Crippen molar-refractivity contribution in [1.29, 1.82) is 0 Å². The second kappa shape index (κ2) is 7.22. The fourth-order valence-electron chi connectivity index (χ4n) is 3.73. The van der Waals surface area contributed by atoms with Gasteiger partial charge in [0.2, 0.25) is 0 Å². The number of nitrogens with one attached hydrogen (secondary N) is 1. The van der Waals surface area contributed by atoms with Crippen LogP contribution in [0.1, 0.15) is 51.3 Å². The lowest BCUT2D eigenvalue weighted by atomic mass is 9.70. The quantitative estimate of drug-likeness (QED) is 0.739. The number of ether oxygens (including phenoxy) is 1. The van der Waals surface area contributed by atoms with E-state index in [4.69, 9.17) is 4.74 Å². The van der Waals surface area contributed by atoms with Gasteiger partial charge < -0.3 is 15.2 Å². The first kappa shape index (κ1) is 19.2. The summed E-state index contributed by atoms with van der Waals surface area (Å²) in [4.78, 5) is 11.2. The summed E-state index contributed by atoms with van der Waals surface area (Å²) in [6, 6.07) is 10.7. The van der Waals surface area contributed by atoms with Crippen LogP contribution >= 0.6 is 0 Å². The van der Waals surface area contributed by atoms with Gasteiger partial charge in [-0.1, -0.05) is 38.1 Å². The number of fused-ring (bicyclic) bond motifs is 1. The first-order valence-electron chi connectivity index (χ1n) is 9.26. The third-order valence-electron chi connectivity index (χ3n) is 5.17. The SMILES string of the molecule is CC(C)Oc1ccc(-c2ccc3c(c2)CCC(C)(C)[C@@H]3NC(=O)O)cc1F. The lowest BCUT2D eigenvalue weighted by Gasteiger charge is -2.40. The Bertz CT molecular complexity index is 861. The van der Waals surface area contributed by atoms with E-state index in [-0.39, 0.29) is 29.1 Å². The van der Waals surface area contributed by atoms with Crippen molar-refractivity contribution in [2.24, 2.45) is 5.41 Å². The van der Waals surface area contributed by atoms with Gasteiger partial charge in [0, 0.05) is 0 Å². The maximum absolute atomic E-state index is 14.3. The molecule has 27 heavy (non-hydrogen) atoms. The number of carboxylic acid groups (broad SMARTS) is 1. The van der Waals surface area contributed by atoms with Crippen LogP contribution in [-0.4, -0.2) is 17.3 Å². The molecular weight excluding hydrogens is 345 g/mol. The maximum atomic E-state index is 14.3. The zero-order chi connectivity index (χ0) is 19.8. The van der Waals surface area contributed by atoms with Gasteiger partial charge in [-0.05, 0) is 66.5 Å². The third kappa shape index (κ3) is 4.07. The highest BCUT2D eigenvalue weighted by atomic mass is 19.1. The number of aryl methyl sites for hydroxylation is 1. The smallest absolute Gasteiger partial charge is 0.405 e. The van der Waals surface area contributed by atoms with Gasteiger partial charge in [-0.3, -0.25) is 0 Å². The second-order valence-corrected chi connectivity index (χ2v) is 8.10. The van der Waals surface area contributed by atoms with Crippen LogP contribution in [0.4, 0.5) is 9.18 Å². The molecule has 0 fully saturated rings. The Labute approximate surface area is 159 Å². The molecule has 5 heteroatoms. The number of halogens is 1. The molecular formula is C22H26FNO3. The number of benzene rings is 2. The molecule has 0 unspecified atom stereocenters. The molecule has 1 amide bonds. The topological polar surface area (TPSA) is 58.6 Å². The molecule has 0 aromatic heterocycles. The van der Waals surface area contributed by atoms with Crippen molar-refractivity contribution in [2.45, 2.75) is 52.7 Å². The van der Waals surface area contributed by atoms with Gasteiger partial charge in [0.1, 0.15) is 0 Å². The van der Waals surface area contributed by atoms with Crippen LogP contribution in [-0.2, 0) is 6.42 Å². The summed E-state index contributed by atoms with van der Waals surface area (Å²) in [7, 11) is 0. The van der Waals surface area contributed by atoms with Crippen molar-refractivity contribution < 1.29 is 19.0 Å². The van der Waals surface area contributed by atoms with Crippen LogP contribution in [0, 0.1) is 11.2 Å². The molecule has 0 spiro atoms. The van der Waals surface area contributed by atoms with Gasteiger partial charge in [-0.15, -0.1) is 0 Å². The highest BCUT2D eigenvalue weighted by molar-refractivity contribution is 5.68. The van der Waals surface area contributed by atoms with E-state index >= 15 is 0 Å². The zero-order valence-corrected chi connectivity index (χ0v) is 16.2. The van der Waals surface area contributed by atoms with Crippen molar-refractivity contribution in [2.75, 3.05) is 0 Å². The van der Waals surface area contributed by atoms with Crippen LogP contribution in [0.2, 0.25) is 0 Å². The predicted octanol–water partition coefficient (Wildman–Crippen LogP) is 5.56. The molecule has 0 bridgehead atoms. The molecule has 0 aliphatic heterocycles. The van der Waals surface area contributed by atoms with Crippen LogP contribution < -0.4 is 10.1 Å². The molecule has 0 saturated heterocycles. The van der Waals surface area contributed by atoms with Crippen molar-refractivity contribution in [3.05, 3.63) is 53.3 Å². The van der Waals surface area contributed by atoms with Crippen molar-refractivity contribution in [1.82, 2.24) is 5.32 Å². The first-order chi connectivity index (χ1) is 12.7. The summed E-state index contributed by atoms with van der Waals surface area (Å²) in [6.45, 7) is 7.88. The van der Waals surface area contributed by atoms with Gasteiger partial charge >= 0.3 is 6.09 Å². The number of hydrogen-bond acceptors (Lipinski definition) is 2. The summed E-state index contributed by atoms with van der Waals surface area (Å²) in [6.07, 6.45) is 0.637. The Morgan fingerprint density at radius 3 is 2.52 bits per heavy atom. The average molecular weight is 371 g/mol. The van der Waals surface area contributed by atoms with E-state index in [0.29, 0.717) is 0 Å². The van der Waals surface area contributed by atoms with E-state index in [1.165, 1.54) is 6.07 Å². The standard InChI is InChI=1S/C22H26FNO3/c1-13(2)27-19-8-6-15(12-18(19)23)14-5-7-17-16(11-14)9-10-22(3,4)20(17)24-21(25)26/h5-8,11-13,20,24H,9-10H2,1-4H3,(H,25,26)/t20-/m1/s1. The molecule has 2 aromatic carbocycles.